The smallest absolute Gasteiger partial charge is 0.223 e. The van der Waals surface area contributed by atoms with Gasteiger partial charge in [-0.05, 0) is 25.0 Å². The van der Waals surface area contributed by atoms with E-state index in [0.29, 0.717) is 18.2 Å². The van der Waals surface area contributed by atoms with E-state index in [9.17, 15) is 4.39 Å². The molecule has 0 saturated carbocycles. The average molecular weight is 245 g/mol. The van der Waals surface area contributed by atoms with Gasteiger partial charge in [-0.15, -0.1) is 0 Å². The highest BCUT2D eigenvalue weighted by molar-refractivity contribution is 5.61. The molecule has 18 heavy (non-hydrogen) atoms. The Bertz CT molecular complexity index is 540. The molecular formula is C14H16FN3. The molecule has 0 bridgehead atoms. The van der Waals surface area contributed by atoms with Crippen LogP contribution in [0.25, 0.3) is 11.3 Å². The van der Waals surface area contributed by atoms with Crippen LogP contribution >= 0.6 is 0 Å². The molecule has 0 saturated heterocycles. The number of halogens is 1. The molecule has 0 aliphatic carbocycles. The Morgan fingerprint density at radius 1 is 1.28 bits per heavy atom. The van der Waals surface area contributed by atoms with Crippen molar-refractivity contribution in [2.24, 2.45) is 0 Å². The lowest BCUT2D eigenvalue weighted by atomic mass is 10.1. The molecule has 0 aliphatic heterocycles. The van der Waals surface area contributed by atoms with Crippen LogP contribution < -0.4 is 5.32 Å². The van der Waals surface area contributed by atoms with Crippen molar-refractivity contribution in [2.75, 3.05) is 11.9 Å². The summed E-state index contributed by atoms with van der Waals surface area (Å²) >= 11 is 0. The van der Waals surface area contributed by atoms with Crippen LogP contribution in [0.4, 0.5) is 10.3 Å². The van der Waals surface area contributed by atoms with Gasteiger partial charge in [-0.3, -0.25) is 0 Å². The summed E-state index contributed by atoms with van der Waals surface area (Å²) in [5, 5.41) is 2.98. The van der Waals surface area contributed by atoms with Crippen molar-refractivity contribution in [1.29, 1.82) is 0 Å². The molecule has 0 radical (unpaired) electrons. The largest absolute Gasteiger partial charge is 0.354 e. The summed E-state index contributed by atoms with van der Waals surface area (Å²) in [6.45, 7) is 4.73. The predicted molar refractivity (Wildman–Crippen MR) is 71.0 cm³/mol. The van der Waals surface area contributed by atoms with Crippen LogP contribution in [0.5, 0.6) is 0 Å². The van der Waals surface area contributed by atoms with Crippen LogP contribution in [0, 0.1) is 5.82 Å². The minimum absolute atomic E-state index is 0.344. The molecule has 0 unspecified atom stereocenters. The number of benzene rings is 1. The van der Waals surface area contributed by atoms with E-state index in [1.54, 1.807) is 0 Å². The van der Waals surface area contributed by atoms with Crippen molar-refractivity contribution in [3.05, 3.63) is 41.8 Å². The maximum atomic E-state index is 13.8. The molecule has 2 aromatic rings. The van der Waals surface area contributed by atoms with Crippen molar-refractivity contribution < 1.29 is 4.39 Å². The molecule has 0 amide bonds. The Kier molecular flexibility index (Phi) is 3.87. The summed E-state index contributed by atoms with van der Waals surface area (Å²) < 4.78 is 13.8. The van der Waals surface area contributed by atoms with E-state index in [1.807, 2.05) is 31.2 Å². The predicted octanol–water partition coefficient (Wildman–Crippen LogP) is 3.28. The molecule has 1 aromatic carbocycles. The minimum atomic E-state index is -0.398. The second kappa shape index (κ2) is 5.58. The maximum Gasteiger partial charge on any atom is 0.223 e. The van der Waals surface area contributed by atoms with Gasteiger partial charge in [0.05, 0.1) is 6.20 Å². The maximum absolute atomic E-state index is 13.8. The van der Waals surface area contributed by atoms with Gasteiger partial charge in [0.2, 0.25) is 5.95 Å². The molecule has 2 rings (SSSR count). The Hall–Kier alpha value is -1.97. The molecular weight excluding hydrogens is 229 g/mol. The zero-order chi connectivity index (χ0) is 13.0. The summed E-state index contributed by atoms with van der Waals surface area (Å²) in [5.41, 5.74) is 2.29. The standard InChI is InChI=1S/C14H16FN3/c1-3-10-6-5-7-11(8-10)13-12(15)9-17-14(18-13)16-4-2/h5-9H,3-4H2,1-2H3,(H,16,17,18). The molecule has 0 aliphatic rings. The fourth-order valence-electron chi connectivity index (χ4n) is 1.75. The third kappa shape index (κ3) is 2.64. The third-order valence-electron chi connectivity index (χ3n) is 2.69. The minimum Gasteiger partial charge on any atom is -0.354 e. The molecule has 0 atom stereocenters. The van der Waals surface area contributed by atoms with Gasteiger partial charge < -0.3 is 5.32 Å². The number of hydrogen-bond donors (Lipinski definition) is 1. The Labute approximate surface area is 106 Å². The number of nitrogens with zero attached hydrogens (tertiary/aromatic N) is 2. The molecule has 94 valence electrons. The second-order valence-electron chi connectivity index (χ2n) is 3.97. The first-order chi connectivity index (χ1) is 8.74. The lowest BCUT2D eigenvalue weighted by Gasteiger charge is -2.07. The monoisotopic (exact) mass is 245 g/mol. The first-order valence-corrected chi connectivity index (χ1v) is 6.10. The van der Waals surface area contributed by atoms with E-state index in [0.717, 1.165) is 17.5 Å². The van der Waals surface area contributed by atoms with Gasteiger partial charge in [-0.2, -0.15) is 0 Å². The van der Waals surface area contributed by atoms with Crippen LogP contribution in [0.1, 0.15) is 19.4 Å². The fourth-order valence-corrected chi connectivity index (χ4v) is 1.75. The average Bonchev–Trinajstić information content (AvgIpc) is 2.41. The van der Waals surface area contributed by atoms with Crippen LogP contribution in [0.15, 0.2) is 30.5 Å². The normalized spacial score (nSPS) is 10.4. The van der Waals surface area contributed by atoms with Gasteiger partial charge >= 0.3 is 0 Å². The molecule has 0 spiro atoms. The number of rotatable bonds is 4. The highest BCUT2D eigenvalue weighted by Gasteiger charge is 2.09. The summed E-state index contributed by atoms with van der Waals surface area (Å²) in [6.07, 6.45) is 2.12. The van der Waals surface area contributed by atoms with Crippen LogP contribution in [0.2, 0.25) is 0 Å². The molecule has 1 aromatic heterocycles. The van der Waals surface area contributed by atoms with Crippen molar-refractivity contribution >= 4 is 5.95 Å². The molecule has 0 fully saturated rings. The van der Waals surface area contributed by atoms with Crippen LogP contribution in [-0.2, 0) is 6.42 Å². The fraction of sp³-hybridized carbons (Fsp3) is 0.286. The van der Waals surface area contributed by atoms with Crippen molar-refractivity contribution in [2.45, 2.75) is 20.3 Å². The topological polar surface area (TPSA) is 37.8 Å². The van der Waals surface area contributed by atoms with Gasteiger partial charge in [0.1, 0.15) is 5.69 Å². The van der Waals surface area contributed by atoms with Gasteiger partial charge in [-0.1, -0.05) is 25.1 Å². The van der Waals surface area contributed by atoms with Crippen molar-refractivity contribution in [1.82, 2.24) is 9.97 Å². The first kappa shape index (κ1) is 12.5. The SMILES string of the molecule is CCNc1ncc(F)c(-c2cccc(CC)c2)n1. The van der Waals surface area contributed by atoms with Crippen LogP contribution in [0.3, 0.4) is 0 Å². The Morgan fingerprint density at radius 2 is 2.11 bits per heavy atom. The Balaban J connectivity index is 2.44. The van der Waals surface area contributed by atoms with Gasteiger partial charge in [0.25, 0.3) is 0 Å². The van der Waals surface area contributed by atoms with Crippen molar-refractivity contribution in [3.63, 3.8) is 0 Å². The zero-order valence-electron chi connectivity index (χ0n) is 10.6. The molecule has 3 nitrogen and oxygen atoms in total. The lowest BCUT2D eigenvalue weighted by molar-refractivity contribution is 0.618. The highest BCUT2D eigenvalue weighted by atomic mass is 19.1. The summed E-state index contributed by atoms with van der Waals surface area (Å²) in [5.74, 6) is 0.0562. The van der Waals surface area contributed by atoms with E-state index in [1.165, 1.54) is 6.20 Å². The first-order valence-electron chi connectivity index (χ1n) is 6.10. The van der Waals surface area contributed by atoms with Crippen LogP contribution in [-0.4, -0.2) is 16.5 Å². The number of hydrogen-bond acceptors (Lipinski definition) is 3. The van der Waals surface area contributed by atoms with Crippen molar-refractivity contribution in [3.8, 4) is 11.3 Å². The third-order valence-corrected chi connectivity index (χ3v) is 2.69. The summed E-state index contributed by atoms with van der Waals surface area (Å²) in [6, 6.07) is 7.76. The zero-order valence-corrected chi connectivity index (χ0v) is 10.6. The van der Waals surface area contributed by atoms with E-state index >= 15 is 0 Å². The van der Waals surface area contributed by atoms with E-state index in [-0.39, 0.29) is 0 Å². The molecule has 4 heteroatoms. The van der Waals surface area contributed by atoms with E-state index in [4.69, 9.17) is 0 Å². The number of nitrogens with one attached hydrogen (secondary N) is 1. The summed E-state index contributed by atoms with van der Waals surface area (Å²) in [7, 11) is 0. The second-order valence-corrected chi connectivity index (χ2v) is 3.97. The van der Waals surface area contributed by atoms with Gasteiger partial charge in [0, 0.05) is 12.1 Å². The highest BCUT2D eigenvalue weighted by Crippen LogP contribution is 2.22. The summed E-state index contributed by atoms with van der Waals surface area (Å²) in [4.78, 5) is 8.11. The number of aromatic nitrogens is 2. The number of aryl methyl sites for hydroxylation is 1. The Morgan fingerprint density at radius 3 is 2.83 bits per heavy atom. The molecule has 1 heterocycles. The molecule has 1 N–H and O–H groups in total. The number of anilines is 1. The van der Waals surface area contributed by atoms with E-state index < -0.39 is 5.82 Å². The van der Waals surface area contributed by atoms with Gasteiger partial charge in [-0.25, -0.2) is 14.4 Å². The quantitative estimate of drug-likeness (QED) is 0.898. The van der Waals surface area contributed by atoms with E-state index in [2.05, 4.69) is 22.2 Å². The van der Waals surface area contributed by atoms with Gasteiger partial charge in [0.15, 0.2) is 5.82 Å². The lowest BCUT2D eigenvalue weighted by Crippen LogP contribution is -2.04.